The minimum atomic E-state index is -0.484. The molecule has 0 aliphatic carbocycles. The second kappa shape index (κ2) is 4.20. The fourth-order valence-corrected chi connectivity index (χ4v) is 0.970. The highest BCUT2D eigenvalue weighted by atomic mass is 16.6. The summed E-state index contributed by atoms with van der Waals surface area (Å²) in [7, 11) is 0. The van der Waals surface area contributed by atoms with Crippen LogP contribution >= 0.6 is 0 Å². The van der Waals surface area contributed by atoms with Gasteiger partial charge >= 0.3 is 6.41 Å². The molecule has 0 aliphatic heterocycles. The van der Waals surface area contributed by atoms with Gasteiger partial charge in [0.05, 0.1) is 11.5 Å². The Kier molecular flexibility index (Phi) is 2.97. The van der Waals surface area contributed by atoms with E-state index in [0.29, 0.717) is 5.56 Å². The van der Waals surface area contributed by atoms with E-state index in [1.165, 1.54) is 12.5 Å². The Morgan fingerprint density at radius 2 is 2.15 bits per heavy atom. The quantitative estimate of drug-likeness (QED) is 0.421. The average Bonchev–Trinajstić information content (AvgIpc) is 2.15. The highest BCUT2D eigenvalue weighted by Crippen LogP contribution is 2.16. The summed E-state index contributed by atoms with van der Waals surface area (Å²) in [6, 6.07) is 6.23. The molecule has 0 fully saturated rings. The summed E-state index contributed by atoms with van der Waals surface area (Å²) in [6.45, 7) is 0.126. The third-order valence-electron chi connectivity index (χ3n) is 1.54. The number of rotatable bonds is 4. The summed E-state index contributed by atoms with van der Waals surface area (Å²) in [5.41, 5.74) is 0.473. The van der Waals surface area contributed by atoms with Gasteiger partial charge in [0, 0.05) is 11.6 Å². The minimum Gasteiger partial charge on any atom is -0.343 e. The van der Waals surface area contributed by atoms with Gasteiger partial charge in [-0.2, -0.15) is 0 Å². The van der Waals surface area contributed by atoms with Crippen LogP contribution in [-0.2, 0) is 11.3 Å². The van der Waals surface area contributed by atoms with Crippen molar-refractivity contribution in [1.29, 1.82) is 0 Å². The maximum absolute atomic E-state index is 10.5. The first-order chi connectivity index (χ1) is 6.25. The molecule has 0 unspecified atom stereocenters. The standard InChI is InChI=1S/C8H7N2O3/c11-6-9-5-7-3-1-2-4-8(7)10(12)13/h1-4H,5H2,(H,9,11). The third-order valence-corrected chi connectivity index (χ3v) is 1.54. The van der Waals surface area contributed by atoms with Crippen LogP contribution in [0.2, 0.25) is 0 Å². The van der Waals surface area contributed by atoms with Gasteiger partial charge in [0.2, 0.25) is 0 Å². The van der Waals surface area contributed by atoms with E-state index in [1.54, 1.807) is 18.2 Å². The van der Waals surface area contributed by atoms with Crippen molar-refractivity contribution in [2.75, 3.05) is 0 Å². The maximum atomic E-state index is 10.5. The van der Waals surface area contributed by atoms with E-state index in [9.17, 15) is 14.9 Å². The smallest absolute Gasteiger partial charge is 0.309 e. The number of hydrogen-bond acceptors (Lipinski definition) is 3. The lowest BCUT2D eigenvalue weighted by atomic mass is 10.2. The molecule has 0 saturated carbocycles. The SMILES string of the molecule is O=[C]NCc1ccccc1[N+](=O)[O-]. The molecule has 5 heteroatoms. The summed E-state index contributed by atoms with van der Waals surface area (Å²) in [5.74, 6) is 0. The van der Waals surface area contributed by atoms with E-state index >= 15 is 0 Å². The van der Waals surface area contributed by atoms with Crippen LogP contribution in [0.1, 0.15) is 5.56 Å². The lowest BCUT2D eigenvalue weighted by Crippen LogP contribution is -2.11. The Morgan fingerprint density at radius 3 is 2.77 bits per heavy atom. The molecule has 0 heterocycles. The Morgan fingerprint density at radius 1 is 1.46 bits per heavy atom. The monoisotopic (exact) mass is 179 g/mol. The zero-order valence-corrected chi connectivity index (χ0v) is 6.69. The van der Waals surface area contributed by atoms with Crippen molar-refractivity contribution in [2.24, 2.45) is 0 Å². The molecule has 0 saturated heterocycles. The number of para-hydroxylation sites is 1. The molecule has 0 bridgehead atoms. The first-order valence-corrected chi connectivity index (χ1v) is 3.58. The fourth-order valence-electron chi connectivity index (χ4n) is 0.970. The summed E-state index contributed by atoms with van der Waals surface area (Å²) in [5, 5.41) is 12.7. The molecule has 0 aromatic heterocycles. The van der Waals surface area contributed by atoms with Gasteiger partial charge < -0.3 is 5.32 Å². The second-order valence-corrected chi connectivity index (χ2v) is 2.34. The maximum Gasteiger partial charge on any atom is 0.309 e. The number of hydrogen-bond donors (Lipinski definition) is 1. The van der Waals surface area contributed by atoms with Gasteiger partial charge in [-0.15, -0.1) is 0 Å². The van der Waals surface area contributed by atoms with E-state index < -0.39 is 4.92 Å². The van der Waals surface area contributed by atoms with Crippen molar-refractivity contribution >= 4 is 12.1 Å². The molecule has 0 spiro atoms. The largest absolute Gasteiger partial charge is 0.343 e. The third kappa shape index (κ3) is 2.26. The molecule has 13 heavy (non-hydrogen) atoms. The molecular weight excluding hydrogens is 172 g/mol. The molecule has 1 N–H and O–H groups in total. The van der Waals surface area contributed by atoms with Crippen LogP contribution in [-0.4, -0.2) is 11.3 Å². The van der Waals surface area contributed by atoms with E-state index in [-0.39, 0.29) is 12.2 Å². The van der Waals surface area contributed by atoms with Crippen LogP contribution in [0.15, 0.2) is 24.3 Å². The van der Waals surface area contributed by atoms with Crippen LogP contribution in [0.5, 0.6) is 0 Å². The van der Waals surface area contributed by atoms with E-state index in [4.69, 9.17) is 0 Å². The number of nitro benzene ring substituents is 1. The molecular formula is C8H7N2O3. The second-order valence-electron chi connectivity index (χ2n) is 2.34. The summed E-state index contributed by atoms with van der Waals surface area (Å²) < 4.78 is 0. The molecule has 67 valence electrons. The zero-order valence-electron chi connectivity index (χ0n) is 6.69. The normalized spacial score (nSPS) is 9.23. The highest BCUT2D eigenvalue weighted by Gasteiger charge is 2.10. The van der Waals surface area contributed by atoms with E-state index in [0.717, 1.165) is 0 Å². The lowest BCUT2D eigenvalue weighted by molar-refractivity contribution is -0.385. The zero-order chi connectivity index (χ0) is 9.68. The first kappa shape index (κ1) is 9.18. The minimum absolute atomic E-state index is 0.00486. The Labute approximate surface area is 74.5 Å². The Bertz CT molecular complexity index is 325. The van der Waals surface area contributed by atoms with Gasteiger partial charge in [-0.3, -0.25) is 14.9 Å². The van der Waals surface area contributed by atoms with E-state index in [1.807, 2.05) is 0 Å². The number of nitrogens with one attached hydrogen (secondary N) is 1. The predicted molar refractivity (Wildman–Crippen MR) is 45.6 cm³/mol. The Hall–Kier alpha value is -1.91. The number of benzene rings is 1. The van der Waals surface area contributed by atoms with Crippen molar-refractivity contribution in [2.45, 2.75) is 6.54 Å². The molecule has 1 aromatic carbocycles. The molecule has 1 radical (unpaired) electrons. The summed E-state index contributed by atoms with van der Waals surface area (Å²) in [4.78, 5) is 19.8. The van der Waals surface area contributed by atoms with Crippen LogP contribution in [0.25, 0.3) is 0 Å². The predicted octanol–water partition coefficient (Wildman–Crippen LogP) is 0.752. The highest BCUT2D eigenvalue weighted by molar-refractivity contribution is 5.49. The van der Waals surface area contributed by atoms with Gasteiger partial charge in [0.25, 0.3) is 5.69 Å². The lowest BCUT2D eigenvalue weighted by Gasteiger charge is -1.99. The molecule has 0 atom stereocenters. The van der Waals surface area contributed by atoms with Crippen molar-refractivity contribution in [3.8, 4) is 0 Å². The summed E-state index contributed by atoms with van der Waals surface area (Å²) in [6.07, 6.45) is 1.46. The molecule has 5 nitrogen and oxygen atoms in total. The van der Waals surface area contributed by atoms with Crippen LogP contribution in [0.4, 0.5) is 5.69 Å². The fraction of sp³-hybridized carbons (Fsp3) is 0.125. The van der Waals surface area contributed by atoms with Crippen molar-refractivity contribution in [1.82, 2.24) is 5.32 Å². The Balaban J connectivity index is 2.90. The van der Waals surface area contributed by atoms with Crippen molar-refractivity contribution in [3.05, 3.63) is 39.9 Å². The number of amides is 1. The summed E-state index contributed by atoms with van der Waals surface area (Å²) >= 11 is 0. The first-order valence-electron chi connectivity index (χ1n) is 3.58. The van der Waals surface area contributed by atoms with Gasteiger partial charge in [-0.25, -0.2) is 0 Å². The topological polar surface area (TPSA) is 72.2 Å². The molecule has 1 aromatic rings. The van der Waals surface area contributed by atoms with Crippen LogP contribution in [0.3, 0.4) is 0 Å². The van der Waals surface area contributed by atoms with E-state index in [2.05, 4.69) is 5.32 Å². The van der Waals surface area contributed by atoms with Gasteiger partial charge in [0.15, 0.2) is 0 Å². The van der Waals surface area contributed by atoms with Crippen molar-refractivity contribution in [3.63, 3.8) is 0 Å². The van der Waals surface area contributed by atoms with Gasteiger partial charge in [0.1, 0.15) is 0 Å². The van der Waals surface area contributed by atoms with Gasteiger partial charge in [-0.05, 0) is 0 Å². The molecule has 1 rings (SSSR count). The average molecular weight is 179 g/mol. The molecule has 1 amide bonds. The van der Waals surface area contributed by atoms with Crippen LogP contribution in [0, 0.1) is 10.1 Å². The number of carbonyl (C=O) groups excluding carboxylic acids is 1. The van der Waals surface area contributed by atoms with Crippen LogP contribution < -0.4 is 5.32 Å². The van der Waals surface area contributed by atoms with Gasteiger partial charge in [-0.1, -0.05) is 18.2 Å². The number of nitrogens with zero attached hydrogens (tertiary/aromatic N) is 1. The molecule has 0 aliphatic rings. The van der Waals surface area contributed by atoms with Crippen molar-refractivity contribution < 1.29 is 9.72 Å². The number of nitro groups is 1.